The normalized spacial score (nSPS) is 15.5. The predicted molar refractivity (Wildman–Crippen MR) is 77.9 cm³/mol. The molecule has 0 aliphatic carbocycles. The Labute approximate surface area is 118 Å². The Kier molecular flexibility index (Phi) is 4.11. The standard InChI is InChI=1S/C15H22FN3O/c1-9(15(2,3)4)17-8-13(20)10-5-6-12(16)14-11(10)7-18-19-14/h5-7,9,13,17,20H,8H2,1-4H3,(H,18,19)/t9-,13+/m1/s1. The van der Waals surface area contributed by atoms with Crippen LogP contribution in [0.15, 0.2) is 18.3 Å². The van der Waals surface area contributed by atoms with Crippen LogP contribution in [0.25, 0.3) is 10.9 Å². The van der Waals surface area contributed by atoms with Gasteiger partial charge in [-0.1, -0.05) is 26.8 Å². The van der Waals surface area contributed by atoms with E-state index in [-0.39, 0.29) is 17.3 Å². The molecule has 1 aromatic heterocycles. The fourth-order valence-corrected chi connectivity index (χ4v) is 2.02. The summed E-state index contributed by atoms with van der Waals surface area (Å²) in [6.45, 7) is 8.94. The fraction of sp³-hybridized carbons (Fsp3) is 0.533. The summed E-state index contributed by atoms with van der Waals surface area (Å²) < 4.78 is 13.6. The first-order valence-corrected chi connectivity index (χ1v) is 6.83. The van der Waals surface area contributed by atoms with E-state index in [1.165, 1.54) is 6.07 Å². The number of fused-ring (bicyclic) bond motifs is 1. The smallest absolute Gasteiger partial charge is 0.148 e. The number of nitrogens with one attached hydrogen (secondary N) is 2. The first kappa shape index (κ1) is 14.9. The van der Waals surface area contributed by atoms with Crippen LogP contribution in [0, 0.1) is 11.2 Å². The minimum absolute atomic E-state index is 0.119. The summed E-state index contributed by atoms with van der Waals surface area (Å²) in [4.78, 5) is 0. The second kappa shape index (κ2) is 5.50. The predicted octanol–water partition coefficient (Wildman–Crippen LogP) is 2.76. The Morgan fingerprint density at radius 3 is 2.75 bits per heavy atom. The molecule has 3 N–H and O–H groups in total. The molecule has 0 aliphatic heterocycles. The molecule has 0 unspecified atom stereocenters. The molecule has 0 radical (unpaired) electrons. The Balaban J connectivity index is 2.14. The minimum Gasteiger partial charge on any atom is -0.387 e. The third kappa shape index (κ3) is 2.99. The van der Waals surface area contributed by atoms with Gasteiger partial charge in [0.05, 0.1) is 12.3 Å². The van der Waals surface area contributed by atoms with E-state index in [2.05, 4.69) is 43.2 Å². The first-order valence-electron chi connectivity index (χ1n) is 6.83. The van der Waals surface area contributed by atoms with Crippen molar-refractivity contribution in [3.05, 3.63) is 29.7 Å². The second-order valence-electron chi connectivity index (χ2n) is 6.31. The van der Waals surface area contributed by atoms with Crippen molar-refractivity contribution in [1.29, 1.82) is 0 Å². The number of rotatable bonds is 4. The summed E-state index contributed by atoms with van der Waals surface area (Å²) >= 11 is 0. The van der Waals surface area contributed by atoms with Gasteiger partial charge in [0.15, 0.2) is 0 Å². The highest BCUT2D eigenvalue weighted by atomic mass is 19.1. The number of hydrogen-bond donors (Lipinski definition) is 3. The van der Waals surface area contributed by atoms with E-state index in [1.807, 2.05) is 0 Å². The molecular weight excluding hydrogens is 257 g/mol. The van der Waals surface area contributed by atoms with Crippen molar-refractivity contribution in [2.45, 2.75) is 39.8 Å². The van der Waals surface area contributed by atoms with E-state index in [4.69, 9.17) is 0 Å². The third-order valence-corrected chi connectivity index (χ3v) is 3.87. The van der Waals surface area contributed by atoms with Gasteiger partial charge in [-0.3, -0.25) is 5.10 Å². The zero-order valence-corrected chi connectivity index (χ0v) is 12.4. The lowest BCUT2D eigenvalue weighted by Gasteiger charge is -2.29. The average molecular weight is 279 g/mol. The molecule has 5 heteroatoms. The average Bonchev–Trinajstić information content (AvgIpc) is 2.84. The number of aromatic nitrogens is 2. The van der Waals surface area contributed by atoms with Crippen LogP contribution in [0.5, 0.6) is 0 Å². The molecule has 1 heterocycles. The van der Waals surface area contributed by atoms with Crippen molar-refractivity contribution in [3.8, 4) is 0 Å². The lowest BCUT2D eigenvalue weighted by atomic mass is 9.88. The van der Waals surface area contributed by atoms with E-state index in [0.29, 0.717) is 23.0 Å². The molecule has 2 rings (SSSR count). The maximum atomic E-state index is 13.6. The van der Waals surface area contributed by atoms with Crippen LogP contribution in [0.3, 0.4) is 0 Å². The molecule has 0 saturated carbocycles. The molecular formula is C15H22FN3O. The molecule has 2 atom stereocenters. The third-order valence-electron chi connectivity index (χ3n) is 3.87. The number of hydrogen-bond acceptors (Lipinski definition) is 3. The van der Waals surface area contributed by atoms with Gasteiger partial charge < -0.3 is 10.4 Å². The molecule has 0 spiro atoms. The minimum atomic E-state index is -0.694. The van der Waals surface area contributed by atoms with E-state index in [9.17, 15) is 9.50 Å². The van der Waals surface area contributed by atoms with Crippen molar-refractivity contribution in [2.75, 3.05) is 6.54 Å². The van der Waals surface area contributed by atoms with Gasteiger partial charge in [-0.05, 0) is 24.0 Å². The molecule has 110 valence electrons. The summed E-state index contributed by atoms with van der Waals surface area (Å²) in [5.74, 6) is -0.357. The van der Waals surface area contributed by atoms with Gasteiger partial charge in [0.1, 0.15) is 11.3 Å². The highest BCUT2D eigenvalue weighted by Gasteiger charge is 2.21. The van der Waals surface area contributed by atoms with Crippen molar-refractivity contribution in [2.24, 2.45) is 5.41 Å². The highest BCUT2D eigenvalue weighted by molar-refractivity contribution is 5.82. The topological polar surface area (TPSA) is 60.9 Å². The number of halogens is 1. The van der Waals surface area contributed by atoms with Crippen LogP contribution >= 0.6 is 0 Å². The molecule has 0 amide bonds. The van der Waals surface area contributed by atoms with Crippen LogP contribution in [-0.2, 0) is 0 Å². The van der Waals surface area contributed by atoms with Gasteiger partial charge in [-0.2, -0.15) is 5.10 Å². The summed E-state index contributed by atoms with van der Waals surface area (Å²) in [5, 5.41) is 20.7. The number of benzene rings is 1. The summed E-state index contributed by atoms with van der Waals surface area (Å²) in [6.07, 6.45) is 0.852. The van der Waals surface area contributed by atoms with E-state index >= 15 is 0 Å². The van der Waals surface area contributed by atoms with Gasteiger partial charge >= 0.3 is 0 Å². The Morgan fingerprint density at radius 1 is 1.40 bits per heavy atom. The maximum absolute atomic E-state index is 13.6. The monoisotopic (exact) mass is 279 g/mol. The van der Waals surface area contributed by atoms with Gasteiger partial charge in [0.25, 0.3) is 0 Å². The Hall–Kier alpha value is -1.46. The van der Waals surface area contributed by atoms with Gasteiger partial charge in [0, 0.05) is 18.0 Å². The Bertz CT molecular complexity index is 588. The van der Waals surface area contributed by atoms with Gasteiger partial charge in [0.2, 0.25) is 0 Å². The summed E-state index contributed by atoms with van der Waals surface area (Å²) in [5.41, 5.74) is 1.14. The fourth-order valence-electron chi connectivity index (χ4n) is 2.02. The number of aliphatic hydroxyl groups is 1. The van der Waals surface area contributed by atoms with E-state index in [0.717, 1.165) is 0 Å². The van der Waals surface area contributed by atoms with Gasteiger partial charge in [-0.15, -0.1) is 0 Å². The van der Waals surface area contributed by atoms with Crippen LogP contribution in [0.4, 0.5) is 4.39 Å². The number of aliphatic hydroxyl groups excluding tert-OH is 1. The molecule has 0 aliphatic rings. The van der Waals surface area contributed by atoms with Crippen molar-refractivity contribution < 1.29 is 9.50 Å². The summed E-state index contributed by atoms with van der Waals surface area (Å²) in [7, 11) is 0. The number of aromatic amines is 1. The molecule has 0 fully saturated rings. The first-order chi connectivity index (χ1) is 9.30. The molecule has 20 heavy (non-hydrogen) atoms. The highest BCUT2D eigenvalue weighted by Crippen LogP contribution is 2.25. The molecule has 1 aromatic carbocycles. The van der Waals surface area contributed by atoms with Crippen molar-refractivity contribution in [1.82, 2.24) is 15.5 Å². The largest absolute Gasteiger partial charge is 0.387 e. The zero-order valence-electron chi connectivity index (χ0n) is 12.4. The van der Waals surface area contributed by atoms with Gasteiger partial charge in [-0.25, -0.2) is 4.39 Å². The SMILES string of the molecule is C[C@@H](NC[C@H](O)c1ccc(F)c2[nH]ncc12)C(C)(C)C. The summed E-state index contributed by atoms with van der Waals surface area (Å²) in [6, 6.07) is 3.23. The lowest BCUT2D eigenvalue weighted by molar-refractivity contribution is 0.159. The quantitative estimate of drug-likeness (QED) is 0.806. The van der Waals surface area contributed by atoms with Crippen molar-refractivity contribution >= 4 is 10.9 Å². The number of nitrogens with zero attached hydrogens (tertiary/aromatic N) is 1. The molecule has 2 aromatic rings. The van der Waals surface area contributed by atoms with Crippen LogP contribution in [-0.4, -0.2) is 27.9 Å². The molecule has 4 nitrogen and oxygen atoms in total. The zero-order chi connectivity index (χ0) is 14.9. The van der Waals surface area contributed by atoms with Crippen LogP contribution < -0.4 is 5.32 Å². The van der Waals surface area contributed by atoms with E-state index in [1.54, 1.807) is 12.3 Å². The maximum Gasteiger partial charge on any atom is 0.148 e. The van der Waals surface area contributed by atoms with Crippen molar-refractivity contribution in [3.63, 3.8) is 0 Å². The van der Waals surface area contributed by atoms with E-state index < -0.39 is 6.10 Å². The second-order valence-corrected chi connectivity index (χ2v) is 6.31. The Morgan fingerprint density at radius 2 is 2.10 bits per heavy atom. The van der Waals surface area contributed by atoms with Crippen LogP contribution in [0.2, 0.25) is 0 Å². The van der Waals surface area contributed by atoms with Crippen LogP contribution in [0.1, 0.15) is 39.4 Å². The lowest BCUT2D eigenvalue weighted by Crippen LogP contribution is -2.39. The molecule has 0 bridgehead atoms. The molecule has 0 saturated heterocycles. The number of H-pyrrole nitrogens is 1.